The number of fused-ring (bicyclic) bond motifs is 6. The van der Waals surface area contributed by atoms with Gasteiger partial charge < -0.3 is 0 Å². The molecule has 9 aromatic rings. The van der Waals surface area contributed by atoms with E-state index < -0.39 is 0 Å². The Morgan fingerprint density at radius 3 is 1.43 bits per heavy atom. The highest BCUT2D eigenvalue weighted by Crippen LogP contribution is 2.40. The summed E-state index contributed by atoms with van der Waals surface area (Å²) in [5.74, 6) is 1.96. The van der Waals surface area contributed by atoms with Gasteiger partial charge in [-0.3, -0.25) is 0 Å². The summed E-state index contributed by atoms with van der Waals surface area (Å²) in [6.45, 7) is 0. The zero-order chi connectivity index (χ0) is 30.5. The maximum Gasteiger partial charge on any atom is 0.164 e. The van der Waals surface area contributed by atoms with E-state index in [1.807, 2.05) is 60.7 Å². The number of hydrogen-bond donors (Lipinski definition) is 0. The van der Waals surface area contributed by atoms with Crippen molar-refractivity contribution in [1.29, 1.82) is 0 Å². The molecule has 46 heavy (non-hydrogen) atoms. The maximum absolute atomic E-state index is 5.12. The van der Waals surface area contributed by atoms with Crippen LogP contribution in [0.2, 0.25) is 0 Å². The average Bonchev–Trinajstić information content (AvgIpc) is 3.14. The Hall–Kier alpha value is -6.19. The fraction of sp³-hybridized carbons (Fsp3) is 0. The molecule has 0 bridgehead atoms. The van der Waals surface area contributed by atoms with Crippen molar-refractivity contribution in [3.05, 3.63) is 164 Å². The standard InChI is InChI=1S/C43H27N3/c1-3-13-31(14-4-1)41-44-42(32-15-5-2-6-16-32)46-43(45-41)38-26-23-29-12-8-10-18-35(29)40(38)33-20-19-30-22-24-36-34-17-9-7-11-28(34)21-25-37(36)39(30)27-33/h1-27H. The van der Waals surface area contributed by atoms with Crippen molar-refractivity contribution in [2.24, 2.45) is 0 Å². The summed E-state index contributed by atoms with van der Waals surface area (Å²) in [6, 6.07) is 57.6. The van der Waals surface area contributed by atoms with Gasteiger partial charge in [0.1, 0.15) is 0 Å². The van der Waals surface area contributed by atoms with Crippen LogP contribution in [-0.4, -0.2) is 15.0 Å². The molecule has 0 aliphatic rings. The highest BCUT2D eigenvalue weighted by atomic mass is 15.0. The van der Waals surface area contributed by atoms with Crippen LogP contribution in [0.3, 0.4) is 0 Å². The normalized spacial score (nSPS) is 11.5. The largest absolute Gasteiger partial charge is 0.208 e. The third-order valence-corrected chi connectivity index (χ3v) is 8.90. The molecular weight excluding hydrogens is 558 g/mol. The minimum Gasteiger partial charge on any atom is -0.208 e. The predicted molar refractivity (Wildman–Crippen MR) is 192 cm³/mol. The van der Waals surface area contributed by atoms with Gasteiger partial charge in [-0.1, -0.05) is 152 Å². The number of benzene rings is 8. The summed E-state index contributed by atoms with van der Waals surface area (Å²) in [5.41, 5.74) is 5.12. The molecule has 0 aliphatic heterocycles. The molecule has 0 unspecified atom stereocenters. The first-order chi connectivity index (χ1) is 22.8. The van der Waals surface area contributed by atoms with Gasteiger partial charge in [0.05, 0.1) is 0 Å². The lowest BCUT2D eigenvalue weighted by Gasteiger charge is -2.16. The highest BCUT2D eigenvalue weighted by Gasteiger charge is 2.18. The van der Waals surface area contributed by atoms with Crippen LogP contribution in [-0.2, 0) is 0 Å². The van der Waals surface area contributed by atoms with E-state index in [4.69, 9.17) is 15.0 Å². The monoisotopic (exact) mass is 585 g/mol. The Kier molecular flexibility index (Phi) is 6.14. The van der Waals surface area contributed by atoms with E-state index in [0.717, 1.165) is 33.2 Å². The minimum atomic E-state index is 0.650. The average molecular weight is 586 g/mol. The maximum atomic E-state index is 5.12. The van der Waals surface area contributed by atoms with E-state index in [1.165, 1.54) is 37.7 Å². The van der Waals surface area contributed by atoms with Crippen LogP contribution < -0.4 is 0 Å². The Balaban J connectivity index is 1.33. The van der Waals surface area contributed by atoms with Gasteiger partial charge in [-0.05, 0) is 60.8 Å². The van der Waals surface area contributed by atoms with Crippen LogP contribution in [0.1, 0.15) is 0 Å². The topological polar surface area (TPSA) is 38.7 Å². The van der Waals surface area contributed by atoms with Gasteiger partial charge in [0.15, 0.2) is 17.5 Å². The lowest BCUT2D eigenvalue weighted by atomic mass is 9.90. The Labute approximate surface area is 266 Å². The van der Waals surface area contributed by atoms with E-state index in [-0.39, 0.29) is 0 Å². The SMILES string of the molecule is c1ccc(-c2nc(-c3ccccc3)nc(-c3ccc4ccccc4c3-c3ccc4ccc5c6ccccc6ccc5c4c3)n2)cc1. The summed E-state index contributed by atoms with van der Waals surface area (Å²) in [7, 11) is 0. The summed E-state index contributed by atoms with van der Waals surface area (Å²) < 4.78 is 0. The molecule has 0 saturated carbocycles. The second-order valence-corrected chi connectivity index (χ2v) is 11.6. The lowest BCUT2D eigenvalue weighted by Crippen LogP contribution is -2.01. The predicted octanol–water partition coefficient (Wildman–Crippen LogP) is 11.2. The molecule has 1 aromatic heterocycles. The van der Waals surface area contributed by atoms with Crippen molar-refractivity contribution in [2.45, 2.75) is 0 Å². The van der Waals surface area contributed by atoms with E-state index in [0.29, 0.717) is 17.5 Å². The molecule has 0 aliphatic carbocycles. The lowest BCUT2D eigenvalue weighted by molar-refractivity contribution is 1.07. The summed E-state index contributed by atoms with van der Waals surface area (Å²) in [5, 5.41) is 9.80. The molecule has 0 saturated heterocycles. The third kappa shape index (κ3) is 4.41. The van der Waals surface area contributed by atoms with Crippen LogP contribution in [0, 0.1) is 0 Å². The molecule has 0 N–H and O–H groups in total. The minimum absolute atomic E-state index is 0.650. The van der Waals surface area contributed by atoms with Crippen LogP contribution in [0.25, 0.3) is 88.4 Å². The molecule has 1 heterocycles. The van der Waals surface area contributed by atoms with Gasteiger partial charge in [-0.25, -0.2) is 15.0 Å². The molecule has 0 radical (unpaired) electrons. The second-order valence-electron chi connectivity index (χ2n) is 11.6. The van der Waals surface area contributed by atoms with Gasteiger partial charge in [0.2, 0.25) is 0 Å². The molecule has 8 aromatic carbocycles. The number of aromatic nitrogens is 3. The van der Waals surface area contributed by atoms with Gasteiger partial charge >= 0.3 is 0 Å². The molecule has 0 amide bonds. The molecule has 9 rings (SSSR count). The molecule has 0 fully saturated rings. The van der Waals surface area contributed by atoms with E-state index in [2.05, 4.69) is 103 Å². The zero-order valence-corrected chi connectivity index (χ0v) is 24.9. The molecule has 3 nitrogen and oxygen atoms in total. The quantitative estimate of drug-likeness (QED) is 0.193. The summed E-state index contributed by atoms with van der Waals surface area (Å²) in [6.07, 6.45) is 0. The van der Waals surface area contributed by atoms with Gasteiger partial charge in [-0.2, -0.15) is 0 Å². The van der Waals surface area contributed by atoms with Crippen LogP contribution in [0.4, 0.5) is 0 Å². The summed E-state index contributed by atoms with van der Waals surface area (Å²) >= 11 is 0. The fourth-order valence-corrected chi connectivity index (χ4v) is 6.67. The highest BCUT2D eigenvalue weighted by molar-refractivity contribution is 6.18. The van der Waals surface area contributed by atoms with E-state index in [9.17, 15) is 0 Å². The first kappa shape index (κ1) is 26.2. The van der Waals surface area contributed by atoms with Gasteiger partial charge in [0, 0.05) is 22.3 Å². The molecule has 3 heteroatoms. The number of hydrogen-bond acceptors (Lipinski definition) is 3. The van der Waals surface area contributed by atoms with Crippen LogP contribution in [0.15, 0.2) is 164 Å². The molecule has 214 valence electrons. The van der Waals surface area contributed by atoms with Crippen molar-refractivity contribution in [2.75, 3.05) is 0 Å². The Morgan fingerprint density at radius 1 is 0.283 bits per heavy atom. The van der Waals surface area contributed by atoms with E-state index >= 15 is 0 Å². The van der Waals surface area contributed by atoms with Crippen molar-refractivity contribution in [3.8, 4) is 45.3 Å². The molecular formula is C43H27N3. The van der Waals surface area contributed by atoms with Crippen molar-refractivity contribution in [3.63, 3.8) is 0 Å². The van der Waals surface area contributed by atoms with Crippen molar-refractivity contribution in [1.82, 2.24) is 15.0 Å². The Bertz CT molecular complexity index is 2520. The second kappa shape index (κ2) is 10.8. The van der Waals surface area contributed by atoms with Crippen LogP contribution >= 0.6 is 0 Å². The van der Waals surface area contributed by atoms with E-state index in [1.54, 1.807) is 0 Å². The zero-order valence-electron chi connectivity index (χ0n) is 24.9. The first-order valence-corrected chi connectivity index (χ1v) is 15.5. The smallest absolute Gasteiger partial charge is 0.164 e. The van der Waals surface area contributed by atoms with Crippen molar-refractivity contribution < 1.29 is 0 Å². The van der Waals surface area contributed by atoms with Gasteiger partial charge in [-0.15, -0.1) is 0 Å². The summed E-state index contributed by atoms with van der Waals surface area (Å²) in [4.78, 5) is 15.2. The molecule has 0 atom stereocenters. The van der Waals surface area contributed by atoms with Gasteiger partial charge in [0.25, 0.3) is 0 Å². The number of nitrogens with zero attached hydrogens (tertiary/aromatic N) is 3. The Morgan fingerprint density at radius 2 is 0.761 bits per heavy atom. The van der Waals surface area contributed by atoms with Crippen molar-refractivity contribution >= 4 is 43.1 Å². The first-order valence-electron chi connectivity index (χ1n) is 15.5. The number of rotatable bonds is 4. The third-order valence-electron chi connectivity index (χ3n) is 8.90. The molecule has 0 spiro atoms. The van der Waals surface area contributed by atoms with Crippen LogP contribution in [0.5, 0.6) is 0 Å². The fourth-order valence-electron chi connectivity index (χ4n) is 6.67.